The molecule has 0 aromatic rings. The lowest BCUT2D eigenvalue weighted by Crippen LogP contribution is -2.54. The predicted molar refractivity (Wildman–Crippen MR) is 65.3 cm³/mol. The van der Waals surface area contributed by atoms with E-state index in [4.69, 9.17) is 15.6 Å². The van der Waals surface area contributed by atoms with Crippen molar-refractivity contribution in [2.45, 2.75) is 45.9 Å². The monoisotopic (exact) mass is 230 g/mol. The van der Waals surface area contributed by atoms with Gasteiger partial charge in [-0.1, -0.05) is 13.8 Å². The highest BCUT2D eigenvalue weighted by Gasteiger charge is 2.32. The molecule has 1 aliphatic rings. The number of ether oxygens (including phenoxy) is 1. The van der Waals surface area contributed by atoms with Crippen LogP contribution in [0.15, 0.2) is 0 Å². The topological polar surface area (TPSA) is 58.7 Å². The largest absolute Gasteiger partial charge is 0.394 e. The molecule has 1 aliphatic heterocycles. The second-order valence-electron chi connectivity index (χ2n) is 5.69. The Bertz CT molecular complexity index is 219. The van der Waals surface area contributed by atoms with Crippen LogP contribution in [0.2, 0.25) is 0 Å². The van der Waals surface area contributed by atoms with Crippen LogP contribution in [-0.2, 0) is 4.74 Å². The van der Waals surface area contributed by atoms with E-state index in [-0.39, 0.29) is 24.2 Å². The summed E-state index contributed by atoms with van der Waals surface area (Å²) in [6.45, 7) is 11.1. The van der Waals surface area contributed by atoms with Gasteiger partial charge in [-0.15, -0.1) is 0 Å². The zero-order valence-electron chi connectivity index (χ0n) is 10.9. The fourth-order valence-electron chi connectivity index (χ4n) is 1.87. The van der Waals surface area contributed by atoms with Crippen molar-refractivity contribution < 1.29 is 9.84 Å². The first-order valence-electron chi connectivity index (χ1n) is 6.09. The molecule has 1 heterocycles. The van der Waals surface area contributed by atoms with E-state index in [9.17, 15) is 0 Å². The first-order valence-corrected chi connectivity index (χ1v) is 6.09. The molecule has 96 valence electrons. The SMILES string of the molecule is CC1COC(CO)CN1CC(C)(C)C(C)N. The first-order chi connectivity index (χ1) is 7.36. The van der Waals surface area contributed by atoms with Crippen LogP contribution in [0.1, 0.15) is 27.7 Å². The summed E-state index contributed by atoms with van der Waals surface area (Å²) in [7, 11) is 0. The second kappa shape index (κ2) is 5.45. The number of hydrogen-bond donors (Lipinski definition) is 2. The van der Waals surface area contributed by atoms with Crippen molar-refractivity contribution in [3.8, 4) is 0 Å². The van der Waals surface area contributed by atoms with Gasteiger partial charge in [-0.05, 0) is 19.3 Å². The second-order valence-corrected chi connectivity index (χ2v) is 5.69. The number of nitrogens with two attached hydrogens (primary N) is 1. The van der Waals surface area contributed by atoms with Gasteiger partial charge >= 0.3 is 0 Å². The molecule has 0 aliphatic carbocycles. The third kappa shape index (κ3) is 3.42. The molecule has 1 fully saturated rings. The Morgan fingerprint density at radius 2 is 2.19 bits per heavy atom. The Kier molecular flexibility index (Phi) is 4.73. The standard InChI is InChI=1S/C12H26N2O2/c1-9-7-16-11(6-15)5-14(9)8-12(3,4)10(2)13/h9-11,15H,5-8,13H2,1-4H3. The maximum Gasteiger partial charge on any atom is 0.0933 e. The fourth-order valence-corrected chi connectivity index (χ4v) is 1.87. The molecule has 3 atom stereocenters. The van der Waals surface area contributed by atoms with Gasteiger partial charge in [0.25, 0.3) is 0 Å². The van der Waals surface area contributed by atoms with E-state index in [2.05, 4.69) is 32.6 Å². The van der Waals surface area contributed by atoms with E-state index in [0.29, 0.717) is 12.6 Å². The summed E-state index contributed by atoms with van der Waals surface area (Å²) < 4.78 is 5.52. The van der Waals surface area contributed by atoms with E-state index in [1.54, 1.807) is 0 Å². The Labute approximate surface area is 98.8 Å². The molecule has 1 rings (SSSR count). The smallest absolute Gasteiger partial charge is 0.0933 e. The molecule has 0 aromatic heterocycles. The molecule has 3 unspecified atom stereocenters. The molecule has 3 N–H and O–H groups in total. The summed E-state index contributed by atoms with van der Waals surface area (Å²) in [5.41, 5.74) is 6.08. The zero-order chi connectivity index (χ0) is 12.3. The molecule has 0 bridgehead atoms. The van der Waals surface area contributed by atoms with Gasteiger partial charge in [0, 0.05) is 25.2 Å². The highest BCUT2D eigenvalue weighted by Crippen LogP contribution is 2.23. The molecular formula is C12H26N2O2. The molecule has 1 saturated heterocycles. The van der Waals surface area contributed by atoms with Crippen LogP contribution in [0, 0.1) is 5.41 Å². The summed E-state index contributed by atoms with van der Waals surface area (Å²) in [6, 6.07) is 0.566. The molecule has 0 amide bonds. The number of rotatable bonds is 4. The molecule has 0 spiro atoms. The lowest BCUT2D eigenvalue weighted by molar-refractivity contribution is -0.0870. The van der Waals surface area contributed by atoms with Crippen molar-refractivity contribution >= 4 is 0 Å². The third-order valence-electron chi connectivity index (χ3n) is 3.68. The molecular weight excluding hydrogens is 204 g/mol. The van der Waals surface area contributed by atoms with Crippen LogP contribution in [0.4, 0.5) is 0 Å². The summed E-state index contributed by atoms with van der Waals surface area (Å²) in [5, 5.41) is 9.13. The molecule has 4 heteroatoms. The van der Waals surface area contributed by atoms with Crippen LogP contribution >= 0.6 is 0 Å². The summed E-state index contributed by atoms with van der Waals surface area (Å²) >= 11 is 0. The van der Waals surface area contributed by atoms with Crippen molar-refractivity contribution in [1.29, 1.82) is 0 Å². The first kappa shape index (κ1) is 13.9. The van der Waals surface area contributed by atoms with Gasteiger partial charge in [0.1, 0.15) is 0 Å². The maximum absolute atomic E-state index is 9.13. The van der Waals surface area contributed by atoms with E-state index < -0.39 is 0 Å². The third-order valence-corrected chi connectivity index (χ3v) is 3.68. The lowest BCUT2D eigenvalue weighted by atomic mass is 9.85. The van der Waals surface area contributed by atoms with Crippen molar-refractivity contribution in [2.24, 2.45) is 11.1 Å². The molecule has 0 aromatic carbocycles. The van der Waals surface area contributed by atoms with Crippen LogP contribution in [0.5, 0.6) is 0 Å². The van der Waals surface area contributed by atoms with Gasteiger partial charge in [-0.2, -0.15) is 0 Å². The van der Waals surface area contributed by atoms with E-state index in [0.717, 1.165) is 13.1 Å². The number of hydrogen-bond acceptors (Lipinski definition) is 4. The average molecular weight is 230 g/mol. The van der Waals surface area contributed by atoms with Crippen molar-refractivity contribution in [1.82, 2.24) is 4.90 Å². The van der Waals surface area contributed by atoms with Gasteiger partial charge < -0.3 is 15.6 Å². The summed E-state index contributed by atoms with van der Waals surface area (Å²) in [5.74, 6) is 0. The summed E-state index contributed by atoms with van der Waals surface area (Å²) in [4.78, 5) is 2.37. The Hall–Kier alpha value is -0.160. The number of aliphatic hydroxyl groups excluding tert-OH is 1. The normalized spacial score (nSPS) is 30.4. The molecule has 4 nitrogen and oxygen atoms in total. The quantitative estimate of drug-likeness (QED) is 0.736. The Balaban J connectivity index is 2.57. The van der Waals surface area contributed by atoms with Crippen LogP contribution in [0.25, 0.3) is 0 Å². The van der Waals surface area contributed by atoms with Crippen molar-refractivity contribution in [3.05, 3.63) is 0 Å². The number of aliphatic hydroxyl groups is 1. The van der Waals surface area contributed by atoms with Crippen molar-refractivity contribution in [2.75, 3.05) is 26.3 Å². The van der Waals surface area contributed by atoms with Gasteiger partial charge in [0.15, 0.2) is 0 Å². The van der Waals surface area contributed by atoms with E-state index in [1.165, 1.54) is 0 Å². The predicted octanol–water partition coefficient (Wildman–Crippen LogP) is 0.441. The Morgan fingerprint density at radius 1 is 1.56 bits per heavy atom. The highest BCUT2D eigenvalue weighted by atomic mass is 16.5. The molecule has 16 heavy (non-hydrogen) atoms. The minimum atomic E-state index is -0.0416. The van der Waals surface area contributed by atoms with E-state index >= 15 is 0 Å². The molecule has 0 radical (unpaired) electrons. The maximum atomic E-state index is 9.13. The van der Waals surface area contributed by atoms with Gasteiger partial charge in [0.2, 0.25) is 0 Å². The lowest BCUT2D eigenvalue weighted by Gasteiger charge is -2.42. The van der Waals surface area contributed by atoms with Gasteiger partial charge in [-0.3, -0.25) is 4.90 Å². The minimum Gasteiger partial charge on any atom is -0.394 e. The Morgan fingerprint density at radius 3 is 2.69 bits per heavy atom. The molecule has 0 saturated carbocycles. The van der Waals surface area contributed by atoms with Crippen LogP contribution in [0.3, 0.4) is 0 Å². The number of nitrogens with zero attached hydrogens (tertiary/aromatic N) is 1. The van der Waals surface area contributed by atoms with Crippen LogP contribution in [-0.4, -0.2) is 54.5 Å². The highest BCUT2D eigenvalue weighted by molar-refractivity contribution is 4.86. The van der Waals surface area contributed by atoms with Crippen LogP contribution < -0.4 is 5.73 Å². The van der Waals surface area contributed by atoms with Gasteiger partial charge in [-0.25, -0.2) is 0 Å². The van der Waals surface area contributed by atoms with Crippen molar-refractivity contribution in [3.63, 3.8) is 0 Å². The van der Waals surface area contributed by atoms with Gasteiger partial charge in [0.05, 0.1) is 19.3 Å². The number of morpholine rings is 1. The van der Waals surface area contributed by atoms with E-state index in [1.807, 2.05) is 0 Å². The zero-order valence-corrected chi connectivity index (χ0v) is 10.9. The summed E-state index contributed by atoms with van der Waals surface area (Å²) in [6.07, 6.45) is -0.0416. The average Bonchev–Trinajstić information content (AvgIpc) is 2.21. The fraction of sp³-hybridized carbons (Fsp3) is 1.00. The minimum absolute atomic E-state index is 0.0416.